The minimum Gasteiger partial charge on any atom is -0.481 e. The standard InChI is InChI=1S/C8H7BrClNO2/c9-5-1-4(3-7(12)13)2-6(10)8(5)11/h1-2H,3,11H2,(H,12,13). The summed E-state index contributed by atoms with van der Waals surface area (Å²) in [5, 5.41) is 8.89. The van der Waals surface area contributed by atoms with Crippen molar-refractivity contribution in [3.8, 4) is 0 Å². The Labute approximate surface area is 88.6 Å². The van der Waals surface area contributed by atoms with Gasteiger partial charge in [-0.1, -0.05) is 11.6 Å². The van der Waals surface area contributed by atoms with E-state index in [0.717, 1.165) is 0 Å². The molecule has 1 aromatic carbocycles. The molecule has 0 aliphatic rings. The first-order valence-electron chi connectivity index (χ1n) is 3.46. The lowest BCUT2D eigenvalue weighted by Gasteiger charge is -2.04. The third kappa shape index (κ3) is 2.60. The molecule has 0 atom stereocenters. The van der Waals surface area contributed by atoms with Crippen molar-refractivity contribution in [3.63, 3.8) is 0 Å². The Morgan fingerprint density at radius 1 is 1.62 bits per heavy atom. The lowest BCUT2D eigenvalue weighted by Crippen LogP contribution is -2.01. The van der Waals surface area contributed by atoms with Crippen LogP contribution < -0.4 is 5.73 Å². The SMILES string of the molecule is Nc1c(Cl)cc(CC(=O)O)cc1Br. The van der Waals surface area contributed by atoms with Gasteiger partial charge in [0.1, 0.15) is 0 Å². The first-order valence-corrected chi connectivity index (χ1v) is 4.63. The molecule has 0 bridgehead atoms. The van der Waals surface area contributed by atoms with Crippen LogP contribution in [0.5, 0.6) is 0 Å². The summed E-state index contributed by atoms with van der Waals surface area (Å²) in [6.07, 6.45) is -0.0569. The van der Waals surface area contributed by atoms with E-state index < -0.39 is 5.97 Å². The summed E-state index contributed by atoms with van der Waals surface area (Å²) in [5.74, 6) is -0.896. The lowest BCUT2D eigenvalue weighted by atomic mass is 10.1. The number of hydrogen-bond donors (Lipinski definition) is 2. The molecule has 0 aliphatic carbocycles. The molecular weight excluding hydrogens is 257 g/mol. The fourth-order valence-corrected chi connectivity index (χ4v) is 1.78. The van der Waals surface area contributed by atoms with E-state index in [1.165, 1.54) is 0 Å². The molecule has 0 heterocycles. The van der Waals surface area contributed by atoms with Crippen LogP contribution >= 0.6 is 27.5 Å². The first-order chi connectivity index (χ1) is 6.00. The number of aliphatic carboxylic acids is 1. The first kappa shape index (κ1) is 10.3. The highest BCUT2D eigenvalue weighted by molar-refractivity contribution is 9.10. The summed E-state index contributed by atoms with van der Waals surface area (Å²) in [4.78, 5) is 10.4. The minimum atomic E-state index is -0.896. The summed E-state index contributed by atoms with van der Waals surface area (Å²) < 4.78 is 0.622. The van der Waals surface area contributed by atoms with Crippen LogP contribution in [0.15, 0.2) is 16.6 Å². The van der Waals surface area contributed by atoms with Gasteiger partial charge in [0, 0.05) is 4.47 Å². The number of rotatable bonds is 2. The molecular formula is C8H7BrClNO2. The summed E-state index contributed by atoms with van der Waals surface area (Å²) in [6, 6.07) is 3.20. The molecule has 0 fully saturated rings. The molecule has 3 nitrogen and oxygen atoms in total. The van der Waals surface area contributed by atoms with Gasteiger partial charge in [-0.2, -0.15) is 0 Å². The molecule has 13 heavy (non-hydrogen) atoms. The Kier molecular flexibility index (Phi) is 3.17. The lowest BCUT2D eigenvalue weighted by molar-refractivity contribution is -0.136. The zero-order valence-electron chi connectivity index (χ0n) is 6.55. The average Bonchev–Trinajstić information content (AvgIpc) is 1.98. The molecule has 3 N–H and O–H groups in total. The predicted molar refractivity (Wildman–Crippen MR) is 54.9 cm³/mol. The van der Waals surface area contributed by atoms with Gasteiger partial charge in [0.2, 0.25) is 0 Å². The third-order valence-electron chi connectivity index (χ3n) is 1.49. The number of hydrogen-bond acceptors (Lipinski definition) is 2. The van der Waals surface area contributed by atoms with E-state index in [9.17, 15) is 4.79 Å². The maximum Gasteiger partial charge on any atom is 0.307 e. The molecule has 0 saturated heterocycles. The maximum atomic E-state index is 10.4. The van der Waals surface area contributed by atoms with E-state index in [-0.39, 0.29) is 6.42 Å². The highest BCUT2D eigenvalue weighted by Gasteiger charge is 2.06. The van der Waals surface area contributed by atoms with Gasteiger partial charge in [0.15, 0.2) is 0 Å². The monoisotopic (exact) mass is 263 g/mol. The number of halogens is 2. The fraction of sp³-hybridized carbons (Fsp3) is 0.125. The van der Waals surface area contributed by atoms with E-state index in [4.69, 9.17) is 22.4 Å². The molecule has 0 saturated carbocycles. The van der Waals surface area contributed by atoms with Crippen LogP contribution in [0.25, 0.3) is 0 Å². The average molecular weight is 265 g/mol. The highest BCUT2D eigenvalue weighted by Crippen LogP contribution is 2.29. The van der Waals surface area contributed by atoms with Gasteiger partial charge in [0.05, 0.1) is 17.1 Å². The molecule has 0 spiro atoms. The molecule has 0 amide bonds. The second kappa shape index (κ2) is 3.98. The summed E-state index contributed by atoms with van der Waals surface area (Å²) >= 11 is 8.94. The van der Waals surface area contributed by atoms with Crippen molar-refractivity contribution in [2.24, 2.45) is 0 Å². The molecule has 5 heteroatoms. The van der Waals surface area contributed by atoms with Crippen LogP contribution in [0.2, 0.25) is 5.02 Å². The minimum absolute atomic E-state index is 0.0569. The molecule has 0 radical (unpaired) electrons. The maximum absolute atomic E-state index is 10.4. The van der Waals surface area contributed by atoms with Crippen molar-refractivity contribution in [3.05, 3.63) is 27.2 Å². The largest absolute Gasteiger partial charge is 0.481 e. The normalized spacial score (nSPS) is 10.0. The van der Waals surface area contributed by atoms with Gasteiger partial charge >= 0.3 is 5.97 Å². The van der Waals surface area contributed by atoms with Crippen LogP contribution in [-0.2, 0) is 11.2 Å². The zero-order chi connectivity index (χ0) is 10.0. The predicted octanol–water partition coefficient (Wildman–Crippen LogP) is 2.31. The van der Waals surface area contributed by atoms with Gasteiger partial charge < -0.3 is 10.8 Å². The quantitative estimate of drug-likeness (QED) is 0.806. The van der Waals surface area contributed by atoms with Crippen LogP contribution in [-0.4, -0.2) is 11.1 Å². The van der Waals surface area contributed by atoms with Crippen molar-refractivity contribution < 1.29 is 9.90 Å². The number of carbonyl (C=O) groups is 1. The van der Waals surface area contributed by atoms with Gasteiger partial charge in [-0.25, -0.2) is 0 Å². The fourth-order valence-electron chi connectivity index (χ4n) is 0.913. The van der Waals surface area contributed by atoms with Gasteiger partial charge in [0.25, 0.3) is 0 Å². The number of carboxylic acids is 1. The summed E-state index contributed by atoms with van der Waals surface area (Å²) in [7, 11) is 0. The van der Waals surface area contributed by atoms with Gasteiger partial charge in [-0.15, -0.1) is 0 Å². The summed E-state index contributed by atoms with van der Waals surface area (Å²) in [6.45, 7) is 0. The van der Waals surface area contributed by atoms with Gasteiger partial charge in [-0.05, 0) is 33.6 Å². The van der Waals surface area contributed by atoms with Crippen molar-refractivity contribution in [1.29, 1.82) is 0 Å². The van der Waals surface area contributed by atoms with Crippen LogP contribution in [0.1, 0.15) is 5.56 Å². The van der Waals surface area contributed by atoms with Crippen molar-refractivity contribution in [2.75, 3.05) is 5.73 Å². The number of nitrogen functional groups attached to an aromatic ring is 1. The van der Waals surface area contributed by atoms with Crippen LogP contribution in [0, 0.1) is 0 Å². The van der Waals surface area contributed by atoms with E-state index in [1.54, 1.807) is 12.1 Å². The molecule has 0 aromatic heterocycles. The Balaban J connectivity index is 3.06. The number of nitrogens with two attached hydrogens (primary N) is 1. The third-order valence-corrected chi connectivity index (χ3v) is 2.46. The van der Waals surface area contributed by atoms with E-state index in [1.807, 2.05) is 0 Å². The van der Waals surface area contributed by atoms with E-state index in [2.05, 4.69) is 15.9 Å². The number of anilines is 1. The number of carboxylic acid groups (broad SMARTS) is 1. The van der Waals surface area contributed by atoms with Crippen LogP contribution in [0.3, 0.4) is 0 Å². The van der Waals surface area contributed by atoms with Crippen molar-refractivity contribution in [1.82, 2.24) is 0 Å². The second-order valence-electron chi connectivity index (χ2n) is 2.54. The Morgan fingerprint density at radius 3 is 2.69 bits per heavy atom. The highest BCUT2D eigenvalue weighted by atomic mass is 79.9. The van der Waals surface area contributed by atoms with Gasteiger partial charge in [-0.3, -0.25) is 4.79 Å². The molecule has 70 valence electrons. The second-order valence-corrected chi connectivity index (χ2v) is 3.81. The van der Waals surface area contributed by atoms with E-state index >= 15 is 0 Å². The van der Waals surface area contributed by atoms with Crippen molar-refractivity contribution in [2.45, 2.75) is 6.42 Å². The Morgan fingerprint density at radius 2 is 2.23 bits per heavy atom. The van der Waals surface area contributed by atoms with Crippen LogP contribution in [0.4, 0.5) is 5.69 Å². The molecule has 1 aromatic rings. The number of benzene rings is 1. The van der Waals surface area contributed by atoms with Crippen molar-refractivity contribution >= 4 is 39.2 Å². The Bertz CT molecular complexity index is 331. The smallest absolute Gasteiger partial charge is 0.307 e. The Hall–Kier alpha value is -0.740. The zero-order valence-corrected chi connectivity index (χ0v) is 8.89. The molecule has 1 rings (SSSR count). The summed E-state index contributed by atoms with van der Waals surface area (Å²) in [5.41, 5.74) is 6.61. The van der Waals surface area contributed by atoms with E-state index in [0.29, 0.717) is 20.7 Å². The topological polar surface area (TPSA) is 63.3 Å². The molecule has 0 aliphatic heterocycles. The molecule has 0 unspecified atom stereocenters.